The number of nitrogens with one attached hydrogen (secondary N) is 1. The van der Waals surface area contributed by atoms with Crippen LogP contribution in [0.25, 0.3) is 0 Å². The Bertz CT molecular complexity index is 862. The number of hydrogen-bond acceptors (Lipinski definition) is 4. The highest BCUT2D eigenvalue weighted by Gasteiger charge is 2.28. The van der Waals surface area contributed by atoms with Crippen LogP contribution >= 0.6 is 12.2 Å². The van der Waals surface area contributed by atoms with Gasteiger partial charge in [0.15, 0.2) is 4.77 Å². The van der Waals surface area contributed by atoms with Gasteiger partial charge in [-0.15, -0.1) is 0 Å². The van der Waals surface area contributed by atoms with Crippen molar-refractivity contribution in [3.63, 3.8) is 0 Å². The molecule has 0 spiro atoms. The molecule has 0 aliphatic carbocycles. The lowest BCUT2D eigenvalue weighted by Gasteiger charge is -2.32. The molecule has 0 radical (unpaired) electrons. The first-order valence-electron chi connectivity index (χ1n) is 10.7. The third kappa shape index (κ3) is 4.89. The summed E-state index contributed by atoms with van der Waals surface area (Å²) in [7, 11) is 2.10. The Morgan fingerprint density at radius 1 is 1.28 bits per heavy atom. The molecule has 1 aromatic heterocycles. The molecule has 1 aliphatic heterocycles. The molecule has 1 saturated heterocycles. The summed E-state index contributed by atoms with van der Waals surface area (Å²) >= 11 is 5.38. The van der Waals surface area contributed by atoms with Crippen LogP contribution in [-0.2, 0) is 0 Å². The molecular formula is C22H33N5OS. The van der Waals surface area contributed by atoms with Crippen LogP contribution in [0.15, 0.2) is 24.3 Å². The van der Waals surface area contributed by atoms with E-state index >= 15 is 0 Å². The van der Waals surface area contributed by atoms with Crippen molar-refractivity contribution in [1.29, 1.82) is 0 Å². The molecule has 1 aromatic carbocycles. The molecule has 2 heterocycles. The van der Waals surface area contributed by atoms with E-state index in [1.165, 1.54) is 12.8 Å². The number of nitrogens with zero attached hydrogens (tertiary/aromatic N) is 4. The van der Waals surface area contributed by atoms with Gasteiger partial charge in [0, 0.05) is 49.9 Å². The van der Waals surface area contributed by atoms with Crippen molar-refractivity contribution in [2.24, 2.45) is 0 Å². The molecule has 1 aliphatic rings. The van der Waals surface area contributed by atoms with E-state index in [2.05, 4.69) is 59.6 Å². The number of H-pyrrole nitrogens is 1. The fourth-order valence-electron chi connectivity index (χ4n) is 4.01. The molecule has 0 bridgehead atoms. The van der Waals surface area contributed by atoms with E-state index in [0.29, 0.717) is 10.7 Å². The van der Waals surface area contributed by atoms with Crippen LogP contribution in [0.4, 0.5) is 5.69 Å². The Morgan fingerprint density at radius 2 is 1.93 bits per heavy atom. The Kier molecular flexibility index (Phi) is 7.11. The smallest absolute Gasteiger partial charge is 0.253 e. The Hall–Kier alpha value is -2.15. The fourth-order valence-corrected chi connectivity index (χ4v) is 4.36. The zero-order valence-corrected chi connectivity index (χ0v) is 18.8. The second-order valence-corrected chi connectivity index (χ2v) is 8.63. The van der Waals surface area contributed by atoms with Crippen LogP contribution < -0.4 is 4.90 Å². The van der Waals surface area contributed by atoms with Crippen LogP contribution in [0.5, 0.6) is 0 Å². The summed E-state index contributed by atoms with van der Waals surface area (Å²) in [6.45, 7) is 8.97. The van der Waals surface area contributed by atoms with Crippen molar-refractivity contribution < 1.29 is 4.79 Å². The van der Waals surface area contributed by atoms with E-state index in [9.17, 15) is 4.79 Å². The molecule has 0 saturated carbocycles. The molecule has 2 aromatic rings. The maximum atomic E-state index is 12.9. The van der Waals surface area contributed by atoms with Crippen LogP contribution in [0.1, 0.15) is 74.6 Å². The van der Waals surface area contributed by atoms with E-state index in [1.807, 2.05) is 17.0 Å². The van der Waals surface area contributed by atoms with Crippen molar-refractivity contribution >= 4 is 23.8 Å². The van der Waals surface area contributed by atoms with Crippen LogP contribution in [0, 0.1) is 4.77 Å². The van der Waals surface area contributed by atoms with Crippen molar-refractivity contribution in [3.05, 3.63) is 40.4 Å². The zero-order valence-electron chi connectivity index (χ0n) is 18.0. The quantitative estimate of drug-likeness (QED) is 0.661. The highest BCUT2D eigenvalue weighted by Crippen LogP contribution is 2.29. The number of piperidine rings is 1. The first kappa shape index (κ1) is 21.6. The topological polar surface area (TPSA) is 57.2 Å². The van der Waals surface area contributed by atoms with E-state index < -0.39 is 0 Å². The van der Waals surface area contributed by atoms with Crippen LogP contribution in [0.3, 0.4) is 0 Å². The average molecular weight is 416 g/mol. The number of hydrogen-bond donors (Lipinski definition) is 1. The second-order valence-electron chi connectivity index (χ2n) is 8.24. The number of amides is 1. The van der Waals surface area contributed by atoms with Gasteiger partial charge >= 0.3 is 0 Å². The fraction of sp³-hybridized carbons (Fsp3) is 0.591. The molecular weight excluding hydrogens is 382 g/mol. The number of anilines is 1. The standard InChI is InChI=1S/C22H33N5OS/c1-5-6-13-25(4)19-9-7-18(8-10-19)21(28)26-14-11-17(12-15-26)20-23-24-22(29)27(20)16(2)3/h7-10,16-17H,5-6,11-15H2,1-4H3,(H,24,29). The summed E-state index contributed by atoms with van der Waals surface area (Å²) in [4.78, 5) is 17.2. The number of rotatable bonds is 7. The minimum Gasteiger partial charge on any atom is -0.375 e. The van der Waals surface area contributed by atoms with E-state index in [1.54, 1.807) is 0 Å². The van der Waals surface area contributed by atoms with E-state index in [0.717, 1.165) is 49.6 Å². The predicted octanol–water partition coefficient (Wildman–Crippen LogP) is 4.78. The first-order chi connectivity index (χ1) is 13.9. The number of benzene rings is 1. The zero-order chi connectivity index (χ0) is 21.0. The largest absolute Gasteiger partial charge is 0.375 e. The maximum absolute atomic E-state index is 12.9. The highest BCUT2D eigenvalue weighted by molar-refractivity contribution is 7.71. The molecule has 1 fully saturated rings. The molecule has 29 heavy (non-hydrogen) atoms. The SMILES string of the molecule is CCCCN(C)c1ccc(C(=O)N2CCC(c3n[nH]c(=S)n3C(C)C)CC2)cc1. The Balaban J connectivity index is 1.61. The van der Waals surface area contributed by atoms with Gasteiger partial charge in [-0.3, -0.25) is 9.89 Å². The molecule has 0 atom stereocenters. The minimum atomic E-state index is 0.119. The third-order valence-electron chi connectivity index (χ3n) is 5.80. The van der Waals surface area contributed by atoms with Crippen molar-refractivity contribution in [1.82, 2.24) is 19.7 Å². The summed E-state index contributed by atoms with van der Waals surface area (Å²) in [5.74, 6) is 1.48. The van der Waals surface area contributed by atoms with Gasteiger partial charge < -0.3 is 14.4 Å². The first-order valence-corrected chi connectivity index (χ1v) is 11.1. The highest BCUT2D eigenvalue weighted by atomic mass is 32.1. The molecule has 7 heteroatoms. The molecule has 158 valence electrons. The second kappa shape index (κ2) is 9.57. The predicted molar refractivity (Wildman–Crippen MR) is 120 cm³/mol. The third-order valence-corrected chi connectivity index (χ3v) is 6.09. The van der Waals surface area contributed by atoms with Gasteiger partial charge in [-0.1, -0.05) is 13.3 Å². The van der Waals surface area contributed by atoms with E-state index in [-0.39, 0.29) is 11.9 Å². The van der Waals surface area contributed by atoms with Gasteiger partial charge in [0.05, 0.1) is 0 Å². The van der Waals surface area contributed by atoms with Gasteiger partial charge in [-0.25, -0.2) is 0 Å². The number of aromatic amines is 1. The Morgan fingerprint density at radius 3 is 2.52 bits per heavy atom. The number of carbonyl (C=O) groups is 1. The van der Waals surface area contributed by atoms with Crippen LogP contribution in [-0.4, -0.2) is 52.3 Å². The van der Waals surface area contributed by atoms with E-state index in [4.69, 9.17) is 12.2 Å². The van der Waals surface area contributed by atoms with Crippen molar-refractivity contribution in [2.75, 3.05) is 31.6 Å². The molecule has 6 nitrogen and oxygen atoms in total. The summed E-state index contributed by atoms with van der Waals surface area (Å²) in [5, 5.41) is 7.41. The normalized spacial score (nSPS) is 15.1. The monoisotopic (exact) mass is 415 g/mol. The molecule has 1 N–H and O–H groups in total. The lowest BCUT2D eigenvalue weighted by molar-refractivity contribution is 0.0710. The number of likely N-dealkylation sites (tertiary alicyclic amines) is 1. The van der Waals surface area contributed by atoms with Gasteiger partial charge in [-0.2, -0.15) is 5.10 Å². The van der Waals surface area contributed by atoms with Gasteiger partial charge in [0.2, 0.25) is 0 Å². The lowest BCUT2D eigenvalue weighted by Crippen LogP contribution is -2.38. The molecule has 1 amide bonds. The number of aromatic nitrogens is 3. The maximum Gasteiger partial charge on any atom is 0.253 e. The summed E-state index contributed by atoms with van der Waals surface area (Å²) < 4.78 is 2.78. The van der Waals surface area contributed by atoms with Gasteiger partial charge in [0.25, 0.3) is 5.91 Å². The summed E-state index contributed by atoms with van der Waals surface area (Å²) in [6, 6.07) is 8.29. The van der Waals surface area contributed by atoms with Gasteiger partial charge in [0.1, 0.15) is 5.82 Å². The molecule has 3 rings (SSSR count). The number of unbranched alkanes of at least 4 members (excludes halogenated alkanes) is 1. The summed E-state index contributed by atoms with van der Waals surface area (Å²) in [6.07, 6.45) is 4.18. The Labute approximate surface area is 178 Å². The average Bonchev–Trinajstić information content (AvgIpc) is 3.13. The van der Waals surface area contributed by atoms with Crippen LogP contribution in [0.2, 0.25) is 0 Å². The summed E-state index contributed by atoms with van der Waals surface area (Å²) in [5.41, 5.74) is 1.92. The van der Waals surface area contributed by atoms with Crippen molar-refractivity contribution in [2.45, 2.75) is 58.4 Å². The number of carbonyl (C=O) groups excluding carboxylic acids is 1. The molecule has 0 unspecified atom stereocenters. The minimum absolute atomic E-state index is 0.119. The lowest BCUT2D eigenvalue weighted by atomic mass is 9.95. The van der Waals surface area contributed by atoms with Crippen molar-refractivity contribution in [3.8, 4) is 0 Å². The van der Waals surface area contributed by atoms with Gasteiger partial charge in [-0.05, 0) is 69.6 Å².